The number of nitrogens with zero attached hydrogens (tertiary/aromatic N) is 2. The summed E-state index contributed by atoms with van der Waals surface area (Å²) in [4.78, 5) is 28.7. The summed E-state index contributed by atoms with van der Waals surface area (Å²) in [5.41, 5.74) is 1.35. The van der Waals surface area contributed by atoms with Crippen molar-refractivity contribution < 1.29 is 14.0 Å². The molecule has 27 heavy (non-hydrogen) atoms. The minimum Gasteiger partial charge on any atom is -0.338 e. The quantitative estimate of drug-likeness (QED) is 0.788. The van der Waals surface area contributed by atoms with Crippen molar-refractivity contribution in [2.24, 2.45) is 11.8 Å². The van der Waals surface area contributed by atoms with E-state index in [1.54, 1.807) is 37.3 Å². The zero-order chi connectivity index (χ0) is 19.1. The molecular formula is C21H20ClFN2O2. The molecule has 2 aromatic rings. The van der Waals surface area contributed by atoms with Gasteiger partial charge in [-0.1, -0.05) is 29.8 Å². The second-order valence-electron chi connectivity index (χ2n) is 7.32. The van der Waals surface area contributed by atoms with E-state index in [1.165, 1.54) is 12.1 Å². The molecule has 0 unspecified atom stereocenters. The summed E-state index contributed by atoms with van der Waals surface area (Å²) >= 11 is 6.01. The number of amides is 2. The van der Waals surface area contributed by atoms with E-state index in [1.807, 2.05) is 15.9 Å². The van der Waals surface area contributed by atoms with Crippen LogP contribution in [0.2, 0.25) is 5.02 Å². The van der Waals surface area contributed by atoms with Gasteiger partial charge in [0.25, 0.3) is 5.91 Å². The van der Waals surface area contributed by atoms with Gasteiger partial charge in [-0.05, 0) is 35.9 Å². The molecule has 0 saturated carbocycles. The fourth-order valence-electron chi connectivity index (χ4n) is 4.46. The molecule has 0 spiro atoms. The third-order valence-electron chi connectivity index (χ3n) is 5.62. The predicted octanol–water partition coefficient (Wildman–Crippen LogP) is 3.77. The van der Waals surface area contributed by atoms with E-state index in [0.717, 1.165) is 5.56 Å². The first-order valence-electron chi connectivity index (χ1n) is 9.01. The minimum absolute atomic E-state index is 0.0219. The lowest BCUT2D eigenvalue weighted by atomic mass is 9.89. The smallest absolute Gasteiger partial charge is 0.253 e. The first kappa shape index (κ1) is 18.0. The van der Waals surface area contributed by atoms with Crippen molar-refractivity contribution in [3.63, 3.8) is 0 Å². The maximum absolute atomic E-state index is 13.8. The number of halogens is 2. The van der Waals surface area contributed by atoms with Crippen molar-refractivity contribution in [3.05, 3.63) is 70.5 Å². The van der Waals surface area contributed by atoms with Gasteiger partial charge in [-0.2, -0.15) is 0 Å². The van der Waals surface area contributed by atoms with Crippen LogP contribution in [0.25, 0.3) is 0 Å². The van der Waals surface area contributed by atoms with Crippen LogP contribution in [0.1, 0.15) is 28.9 Å². The number of benzene rings is 2. The molecule has 2 aliphatic heterocycles. The van der Waals surface area contributed by atoms with Gasteiger partial charge >= 0.3 is 0 Å². The van der Waals surface area contributed by atoms with Crippen LogP contribution in [0.4, 0.5) is 4.39 Å². The first-order valence-corrected chi connectivity index (χ1v) is 9.39. The number of likely N-dealkylation sites (tertiary alicyclic amines) is 2. The largest absolute Gasteiger partial charge is 0.338 e. The Morgan fingerprint density at radius 1 is 1.07 bits per heavy atom. The molecule has 0 N–H and O–H groups in total. The van der Waals surface area contributed by atoms with Gasteiger partial charge in [-0.25, -0.2) is 4.39 Å². The highest BCUT2D eigenvalue weighted by Gasteiger charge is 2.49. The molecule has 0 radical (unpaired) electrons. The van der Waals surface area contributed by atoms with Crippen LogP contribution in [0.3, 0.4) is 0 Å². The van der Waals surface area contributed by atoms with Gasteiger partial charge in [-0.3, -0.25) is 9.59 Å². The summed E-state index contributed by atoms with van der Waals surface area (Å²) in [6.45, 7) is 3.26. The van der Waals surface area contributed by atoms with Crippen LogP contribution in [0, 0.1) is 17.7 Å². The Morgan fingerprint density at radius 3 is 2.56 bits per heavy atom. The van der Waals surface area contributed by atoms with Crippen LogP contribution < -0.4 is 0 Å². The molecule has 2 fully saturated rings. The van der Waals surface area contributed by atoms with Crippen LogP contribution in [0.15, 0.2) is 48.5 Å². The van der Waals surface area contributed by atoms with E-state index >= 15 is 0 Å². The monoisotopic (exact) mass is 386 g/mol. The Kier molecular flexibility index (Phi) is 4.64. The highest BCUT2D eigenvalue weighted by Crippen LogP contribution is 2.45. The molecule has 0 aromatic heterocycles. The first-order chi connectivity index (χ1) is 12.9. The summed E-state index contributed by atoms with van der Waals surface area (Å²) in [6.07, 6.45) is 0. The van der Waals surface area contributed by atoms with E-state index in [-0.39, 0.29) is 35.5 Å². The lowest BCUT2D eigenvalue weighted by molar-refractivity contribution is -0.130. The maximum atomic E-state index is 13.8. The molecular weight excluding hydrogens is 367 g/mol. The van der Waals surface area contributed by atoms with Crippen molar-refractivity contribution >= 4 is 23.4 Å². The Hall–Kier alpha value is -2.40. The van der Waals surface area contributed by atoms with Crippen molar-refractivity contribution in [1.29, 1.82) is 0 Å². The number of carbonyl (C=O) groups is 2. The topological polar surface area (TPSA) is 40.6 Å². The SMILES string of the molecule is CC(=O)N1C[C@H]2CN(C(=O)c3cccc(Cl)c3)C[C@H]2[C@@H]1c1cccc(F)c1. The van der Waals surface area contributed by atoms with Gasteiger partial charge in [-0.15, -0.1) is 0 Å². The third-order valence-corrected chi connectivity index (χ3v) is 5.85. The average molecular weight is 387 g/mol. The zero-order valence-corrected chi connectivity index (χ0v) is 15.7. The number of hydrogen-bond donors (Lipinski definition) is 0. The molecule has 4 rings (SSSR count). The summed E-state index contributed by atoms with van der Waals surface area (Å²) < 4.78 is 13.8. The number of carbonyl (C=O) groups excluding carboxylic acids is 2. The summed E-state index contributed by atoms with van der Waals surface area (Å²) in [5, 5.41) is 0.528. The molecule has 0 aliphatic carbocycles. The molecule has 2 aromatic carbocycles. The van der Waals surface area contributed by atoms with Crippen LogP contribution in [-0.2, 0) is 4.79 Å². The number of fused-ring (bicyclic) bond motifs is 1. The Morgan fingerprint density at radius 2 is 1.85 bits per heavy atom. The van der Waals surface area contributed by atoms with Crippen LogP contribution >= 0.6 is 11.6 Å². The van der Waals surface area contributed by atoms with E-state index in [4.69, 9.17) is 11.6 Å². The fourth-order valence-corrected chi connectivity index (χ4v) is 4.65. The third kappa shape index (κ3) is 3.32. The van der Waals surface area contributed by atoms with E-state index in [0.29, 0.717) is 30.2 Å². The molecule has 3 atom stereocenters. The lowest BCUT2D eigenvalue weighted by Crippen LogP contribution is -2.36. The second-order valence-corrected chi connectivity index (χ2v) is 7.75. The van der Waals surface area contributed by atoms with E-state index < -0.39 is 0 Å². The summed E-state index contributed by atoms with van der Waals surface area (Å²) in [7, 11) is 0. The molecule has 0 bridgehead atoms. The molecule has 2 aliphatic rings. The van der Waals surface area contributed by atoms with Gasteiger partial charge in [0.1, 0.15) is 5.82 Å². The van der Waals surface area contributed by atoms with Gasteiger partial charge in [0.15, 0.2) is 0 Å². The van der Waals surface area contributed by atoms with E-state index in [9.17, 15) is 14.0 Å². The standard InChI is InChI=1S/C21H20ClFN2O2/c1-13(26)25-11-16-10-24(21(27)15-5-2-6-17(22)8-15)12-19(16)20(25)14-4-3-7-18(23)9-14/h2-9,16,19-20H,10-12H2,1H3/t16-,19-,20+/m1/s1. The van der Waals surface area contributed by atoms with Gasteiger partial charge in [0, 0.05) is 49.0 Å². The van der Waals surface area contributed by atoms with Crippen molar-refractivity contribution in [2.75, 3.05) is 19.6 Å². The molecule has 2 heterocycles. The average Bonchev–Trinajstić information content (AvgIpc) is 3.18. The summed E-state index contributed by atoms with van der Waals surface area (Å²) in [5.74, 6) is -0.112. The number of rotatable bonds is 2. The van der Waals surface area contributed by atoms with Crippen molar-refractivity contribution in [3.8, 4) is 0 Å². The highest BCUT2D eigenvalue weighted by molar-refractivity contribution is 6.30. The molecule has 2 amide bonds. The fraction of sp³-hybridized carbons (Fsp3) is 0.333. The molecule has 140 valence electrons. The minimum atomic E-state index is -0.315. The molecule has 6 heteroatoms. The highest BCUT2D eigenvalue weighted by atomic mass is 35.5. The molecule has 4 nitrogen and oxygen atoms in total. The normalized spacial score (nSPS) is 24.2. The van der Waals surface area contributed by atoms with Crippen molar-refractivity contribution in [1.82, 2.24) is 9.80 Å². The Balaban J connectivity index is 1.60. The van der Waals surface area contributed by atoms with Gasteiger partial charge < -0.3 is 9.80 Å². The Bertz CT molecular complexity index is 903. The lowest BCUT2D eigenvalue weighted by Gasteiger charge is -2.29. The predicted molar refractivity (Wildman–Crippen MR) is 101 cm³/mol. The van der Waals surface area contributed by atoms with Crippen molar-refractivity contribution in [2.45, 2.75) is 13.0 Å². The van der Waals surface area contributed by atoms with Gasteiger partial charge in [0.2, 0.25) is 5.91 Å². The van der Waals surface area contributed by atoms with E-state index in [2.05, 4.69) is 0 Å². The molecule has 2 saturated heterocycles. The van der Waals surface area contributed by atoms with Crippen LogP contribution in [0.5, 0.6) is 0 Å². The summed E-state index contributed by atoms with van der Waals surface area (Å²) in [6, 6.07) is 13.1. The number of hydrogen-bond acceptors (Lipinski definition) is 2. The Labute approximate surface area is 162 Å². The van der Waals surface area contributed by atoms with Gasteiger partial charge in [0.05, 0.1) is 6.04 Å². The zero-order valence-electron chi connectivity index (χ0n) is 14.9. The second kappa shape index (κ2) is 6.97. The maximum Gasteiger partial charge on any atom is 0.253 e. The van der Waals surface area contributed by atoms with Crippen LogP contribution in [-0.4, -0.2) is 41.2 Å².